The minimum Gasteiger partial charge on any atom is -0.295 e. The van der Waals surface area contributed by atoms with E-state index >= 15 is 0 Å². The van der Waals surface area contributed by atoms with Gasteiger partial charge >= 0.3 is 0 Å². The van der Waals surface area contributed by atoms with Crippen LogP contribution in [-0.2, 0) is 14.6 Å². The monoisotopic (exact) mass is 326 g/mol. The number of ketones is 1. The highest BCUT2D eigenvalue weighted by Crippen LogP contribution is 2.34. The maximum atomic E-state index is 12.2. The molecule has 4 heteroatoms. The van der Waals surface area contributed by atoms with Crippen molar-refractivity contribution >= 4 is 21.2 Å². The molecule has 0 spiro atoms. The molecule has 0 atom stereocenters. The van der Waals surface area contributed by atoms with E-state index < -0.39 is 9.84 Å². The Balaban J connectivity index is 2.16. The molecule has 1 saturated carbocycles. The summed E-state index contributed by atoms with van der Waals surface area (Å²) in [6.45, 7) is 0. The molecule has 0 unspecified atom stereocenters. The number of rotatable bonds is 3. The summed E-state index contributed by atoms with van der Waals surface area (Å²) >= 11 is 0. The van der Waals surface area contributed by atoms with Gasteiger partial charge in [-0.05, 0) is 41.7 Å². The minimum absolute atomic E-state index is 0.191. The molecule has 3 rings (SSSR count). The van der Waals surface area contributed by atoms with E-state index in [0.717, 1.165) is 35.1 Å². The Morgan fingerprint density at radius 3 is 2.00 bits per heavy atom. The summed E-state index contributed by atoms with van der Waals surface area (Å²) in [5, 5.41) is 0. The molecule has 0 aliphatic heterocycles. The maximum Gasteiger partial charge on any atom is 0.175 e. The summed E-state index contributed by atoms with van der Waals surface area (Å²) in [6.07, 6.45) is 3.44. The normalized spacial score (nSPS) is 17.3. The standard InChI is InChI=1S/C19H18O3S/c1-23(21,22)16-12-10-15(11-13-16)19(14-6-3-2-4-7-14)17-8-5-9-18(17)20/h2-4,6-7,10-13H,5,8-9H2,1H3. The molecule has 0 radical (unpaired) electrons. The molecule has 1 aliphatic carbocycles. The van der Waals surface area contributed by atoms with E-state index in [0.29, 0.717) is 6.42 Å². The van der Waals surface area contributed by atoms with E-state index in [-0.39, 0.29) is 10.7 Å². The van der Waals surface area contributed by atoms with Gasteiger partial charge in [-0.2, -0.15) is 0 Å². The van der Waals surface area contributed by atoms with Gasteiger partial charge in [0.1, 0.15) is 0 Å². The van der Waals surface area contributed by atoms with Crippen molar-refractivity contribution in [2.24, 2.45) is 0 Å². The first-order valence-corrected chi connectivity index (χ1v) is 9.48. The number of hydrogen-bond acceptors (Lipinski definition) is 3. The van der Waals surface area contributed by atoms with Gasteiger partial charge in [-0.25, -0.2) is 8.42 Å². The molecule has 0 N–H and O–H groups in total. The average Bonchev–Trinajstić information content (AvgIpc) is 2.94. The second-order valence-electron chi connectivity index (χ2n) is 5.79. The second kappa shape index (κ2) is 6.13. The number of hydrogen-bond donors (Lipinski definition) is 0. The lowest BCUT2D eigenvalue weighted by Crippen LogP contribution is -2.01. The fourth-order valence-corrected chi connectivity index (χ4v) is 3.60. The van der Waals surface area contributed by atoms with Crippen molar-refractivity contribution in [3.8, 4) is 0 Å². The van der Waals surface area contributed by atoms with E-state index in [1.54, 1.807) is 24.3 Å². The molecule has 2 aromatic rings. The minimum atomic E-state index is -3.22. The van der Waals surface area contributed by atoms with Gasteiger partial charge in [0, 0.05) is 18.2 Å². The van der Waals surface area contributed by atoms with Crippen LogP contribution in [0.15, 0.2) is 65.1 Å². The number of allylic oxidation sites excluding steroid dienone is 1. The zero-order chi connectivity index (χ0) is 16.4. The highest BCUT2D eigenvalue weighted by Gasteiger charge is 2.23. The van der Waals surface area contributed by atoms with Gasteiger partial charge in [-0.3, -0.25) is 4.79 Å². The number of carbonyl (C=O) groups excluding carboxylic acids is 1. The predicted molar refractivity (Wildman–Crippen MR) is 90.9 cm³/mol. The molecular weight excluding hydrogens is 308 g/mol. The van der Waals surface area contributed by atoms with Crippen LogP contribution in [0.4, 0.5) is 0 Å². The van der Waals surface area contributed by atoms with Crippen LogP contribution < -0.4 is 0 Å². The third-order valence-corrected chi connectivity index (χ3v) is 5.23. The first kappa shape index (κ1) is 15.7. The molecule has 23 heavy (non-hydrogen) atoms. The Kier molecular flexibility index (Phi) is 4.18. The van der Waals surface area contributed by atoms with Crippen molar-refractivity contribution in [2.75, 3.05) is 6.26 Å². The number of benzene rings is 2. The predicted octanol–water partition coefficient (Wildman–Crippen LogP) is 3.65. The van der Waals surface area contributed by atoms with E-state index in [1.807, 2.05) is 30.3 Å². The van der Waals surface area contributed by atoms with Gasteiger partial charge in [-0.1, -0.05) is 42.5 Å². The summed E-state index contributed by atoms with van der Waals surface area (Å²) in [5.41, 5.74) is 3.65. The van der Waals surface area contributed by atoms with Gasteiger partial charge in [0.25, 0.3) is 0 Å². The first-order valence-electron chi connectivity index (χ1n) is 7.59. The Morgan fingerprint density at radius 1 is 0.870 bits per heavy atom. The highest BCUT2D eigenvalue weighted by molar-refractivity contribution is 7.90. The smallest absolute Gasteiger partial charge is 0.175 e. The second-order valence-corrected chi connectivity index (χ2v) is 7.81. The van der Waals surface area contributed by atoms with E-state index in [2.05, 4.69) is 0 Å². The summed E-state index contributed by atoms with van der Waals surface area (Å²) < 4.78 is 23.3. The molecule has 0 heterocycles. The molecule has 1 fully saturated rings. The van der Waals surface area contributed by atoms with Crippen LogP contribution in [0.1, 0.15) is 30.4 Å². The summed E-state index contributed by atoms with van der Waals surface area (Å²) in [5.74, 6) is 0.191. The molecular formula is C19H18O3S. The Labute approximate surface area is 136 Å². The van der Waals surface area contributed by atoms with Crippen molar-refractivity contribution in [1.29, 1.82) is 0 Å². The van der Waals surface area contributed by atoms with Gasteiger partial charge in [0.05, 0.1) is 4.90 Å². The van der Waals surface area contributed by atoms with E-state index in [4.69, 9.17) is 0 Å². The third kappa shape index (κ3) is 3.27. The molecule has 1 aliphatic rings. The van der Waals surface area contributed by atoms with E-state index in [9.17, 15) is 13.2 Å². The largest absolute Gasteiger partial charge is 0.295 e. The highest BCUT2D eigenvalue weighted by atomic mass is 32.2. The molecule has 118 valence electrons. The van der Waals surface area contributed by atoms with Gasteiger partial charge in [0.2, 0.25) is 0 Å². The third-order valence-electron chi connectivity index (χ3n) is 4.10. The lowest BCUT2D eigenvalue weighted by molar-refractivity contribution is -0.114. The Morgan fingerprint density at radius 2 is 1.48 bits per heavy atom. The first-order chi connectivity index (χ1) is 11.0. The topological polar surface area (TPSA) is 51.2 Å². The van der Waals surface area contributed by atoms with Crippen LogP contribution in [0, 0.1) is 0 Å². The number of sulfone groups is 1. The van der Waals surface area contributed by atoms with Crippen LogP contribution >= 0.6 is 0 Å². The van der Waals surface area contributed by atoms with Crippen molar-refractivity contribution in [3.63, 3.8) is 0 Å². The Hall–Kier alpha value is -2.20. The Bertz CT molecular complexity index is 861. The van der Waals surface area contributed by atoms with Gasteiger partial charge in [-0.15, -0.1) is 0 Å². The quantitative estimate of drug-likeness (QED) is 0.809. The molecule has 3 nitrogen and oxygen atoms in total. The van der Waals surface area contributed by atoms with Crippen molar-refractivity contribution in [2.45, 2.75) is 24.2 Å². The summed E-state index contributed by atoms with van der Waals surface area (Å²) in [7, 11) is -3.22. The summed E-state index contributed by atoms with van der Waals surface area (Å²) in [4.78, 5) is 12.5. The maximum absolute atomic E-state index is 12.2. The van der Waals surface area contributed by atoms with Crippen molar-refractivity contribution in [1.82, 2.24) is 0 Å². The molecule has 0 aromatic heterocycles. The summed E-state index contributed by atoms with van der Waals surface area (Å²) in [6, 6.07) is 16.6. The number of carbonyl (C=O) groups is 1. The van der Waals surface area contributed by atoms with Crippen LogP contribution in [0.2, 0.25) is 0 Å². The van der Waals surface area contributed by atoms with Gasteiger partial charge in [0.15, 0.2) is 15.6 Å². The van der Waals surface area contributed by atoms with Crippen LogP contribution in [0.5, 0.6) is 0 Å². The SMILES string of the molecule is CS(=O)(=O)c1ccc(C(=C2CCCC2=O)c2ccccc2)cc1. The molecule has 0 amide bonds. The molecule has 2 aromatic carbocycles. The van der Waals surface area contributed by atoms with Crippen LogP contribution in [-0.4, -0.2) is 20.5 Å². The fourth-order valence-electron chi connectivity index (χ4n) is 2.97. The lowest BCUT2D eigenvalue weighted by atomic mass is 9.92. The van der Waals surface area contributed by atoms with Crippen LogP contribution in [0.25, 0.3) is 5.57 Å². The van der Waals surface area contributed by atoms with Crippen molar-refractivity contribution in [3.05, 3.63) is 71.3 Å². The number of Topliss-reactive ketones (excluding diaryl/α,β-unsaturated/α-hetero) is 1. The zero-order valence-corrected chi connectivity index (χ0v) is 13.8. The van der Waals surface area contributed by atoms with Gasteiger partial charge < -0.3 is 0 Å². The molecule has 0 bridgehead atoms. The molecule has 0 saturated heterocycles. The van der Waals surface area contributed by atoms with Crippen LogP contribution in [0.3, 0.4) is 0 Å². The van der Waals surface area contributed by atoms with Crippen molar-refractivity contribution < 1.29 is 13.2 Å². The lowest BCUT2D eigenvalue weighted by Gasteiger charge is -2.12. The van der Waals surface area contributed by atoms with E-state index in [1.165, 1.54) is 6.26 Å². The zero-order valence-electron chi connectivity index (χ0n) is 13.0. The fraction of sp³-hybridized carbons (Fsp3) is 0.211. The average molecular weight is 326 g/mol.